The van der Waals surface area contributed by atoms with Crippen LogP contribution in [0, 0.1) is 0 Å². The van der Waals surface area contributed by atoms with Crippen molar-refractivity contribution in [2.45, 2.75) is 50.7 Å². The molecule has 2 saturated heterocycles. The molecule has 2 fully saturated rings. The molecule has 78 valence electrons. The zero-order chi connectivity index (χ0) is 10.4. The minimum atomic E-state index is -0.973. The van der Waals surface area contributed by atoms with Gasteiger partial charge in [-0.1, -0.05) is 0 Å². The highest BCUT2D eigenvalue weighted by molar-refractivity contribution is 5.99. The van der Waals surface area contributed by atoms with E-state index in [1.807, 2.05) is 13.8 Å². The molecule has 2 heterocycles. The van der Waals surface area contributed by atoms with E-state index in [0.717, 1.165) is 12.8 Å². The van der Waals surface area contributed by atoms with Crippen molar-refractivity contribution in [2.75, 3.05) is 0 Å². The predicted molar refractivity (Wildman–Crippen MR) is 47.5 cm³/mol. The molecule has 0 amide bonds. The van der Waals surface area contributed by atoms with Crippen LogP contribution in [0.4, 0.5) is 0 Å². The second-order valence-electron chi connectivity index (χ2n) is 4.65. The second-order valence-corrected chi connectivity index (χ2v) is 4.65. The standard InChI is InChI=1S/C10H14O4/c1-9(2)4-3-5-10(14-9)6-7(11)13-8(10)12/h3-6H2,1-2H3. The van der Waals surface area contributed by atoms with Gasteiger partial charge in [0.05, 0.1) is 12.0 Å². The van der Waals surface area contributed by atoms with Crippen LogP contribution in [0.3, 0.4) is 0 Å². The van der Waals surface area contributed by atoms with Gasteiger partial charge in [-0.2, -0.15) is 0 Å². The molecule has 1 spiro atoms. The molecule has 4 heteroatoms. The van der Waals surface area contributed by atoms with Crippen LogP contribution >= 0.6 is 0 Å². The number of esters is 2. The summed E-state index contributed by atoms with van der Waals surface area (Å²) < 4.78 is 10.3. The Morgan fingerprint density at radius 2 is 1.93 bits per heavy atom. The van der Waals surface area contributed by atoms with Gasteiger partial charge in [0, 0.05) is 0 Å². The molecule has 4 nitrogen and oxygen atoms in total. The van der Waals surface area contributed by atoms with Crippen LogP contribution in [0.15, 0.2) is 0 Å². The second kappa shape index (κ2) is 2.79. The lowest BCUT2D eigenvalue weighted by Gasteiger charge is -2.40. The normalized spacial score (nSPS) is 36.1. The van der Waals surface area contributed by atoms with Gasteiger partial charge in [-0.3, -0.25) is 4.79 Å². The number of carbonyl (C=O) groups excluding carboxylic acids is 2. The van der Waals surface area contributed by atoms with Crippen molar-refractivity contribution in [1.82, 2.24) is 0 Å². The van der Waals surface area contributed by atoms with Crippen molar-refractivity contribution in [3.8, 4) is 0 Å². The first kappa shape index (κ1) is 9.65. The smallest absolute Gasteiger partial charge is 0.346 e. The highest BCUT2D eigenvalue weighted by atomic mass is 16.6. The minimum Gasteiger partial charge on any atom is -0.391 e. The summed E-state index contributed by atoms with van der Waals surface area (Å²) in [6.07, 6.45) is 2.49. The van der Waals surface area contributed by atoms with Crippen LogP contribution < -0.4 is 0 Å². The Bertz CT molecular complexity index is 294. The monoisotopic (exact) mass is 198 g/mol. The molecule has 0 saturated carbocycles. The number of ether oxygens (including phenoxy) is 2. The topological polar surface area (TPSA) is 52.6 Å². The van der Waals surface area contributed by atoms with Crippen LogP contribution in [0.1, 0.15) is 39.5 Å². The number of rotatable bonds is 0. The molecule has 2 rings (SSSR count). The molecule has 0 aromatic heterocycles. The van der Waals surface area contributed by atoms with Crippen LogP contribution in [0.5, 0.6) is 0 Å². The molecule has 0 radical (unpaired) electrons. The van der Waals surface area contributed by atoms with Gasteiger partial charge in [-0.05, 0) is 33.1 Å². The van der Waals surface area contributed by atoms with E-state index in [-0.39, 0.29) is 12.0 Å². The maximum atomic E-state index is 11.5. The maximum absolute atomic E-state index is 11.5. The molecule has 0 aromatic carbocycles. The highest BCUT2D eigenvalue weighted by Crippen LogP contribution is 2.41. The zero-order valence-electron chi connectivity index (χ0n) is 8.46. The number of carbonyl (C=O) groups is 2. The Hall–Kier alpha value is -0.900. The van der Waals surface area contributed by atoms with Gasteiger partial charge >= 0.3 is 11.9 Å². The summed E-state index contributed by atoms with van der Waals surface area (Å²) in [7, 11) is 0. The molecule has 2 aliphatic heterocycles. The Morgan fingerprint density at radius 1 is 1.21 bits per heavy atom. The molecule has 14 heavy (non-hydrogen) atoms. The highest BCUT2D eigenvalue weighted by Gasteiger charge is 2.54. The molecule has 1 unspecified atom stereocenters. The first-order valence-corrected chi connectivity index (χ1v) is 4.89. The molecule has 0 aliphatic carbocycles. The van der Waals surface area contributed by atoms with E-state index < -0.39 is 17.5 Å². The lowest BCUT2D eigenvalue weighted by Crippen LogP contribution is -2.48. The number of cyclic esters (lactones) is 2. The van der Waals surface area contributed by atoms with E-state index in [4.69, 9.17) is 4.74 Å². The maximum Gasteiger partial charge on any atom is 0.346 e. The number of hydrogen-bond acceptors (Lipinski definition) is 4. The van der Waals surface area contributed by atoms with E-state index in [1.165, 1.54) is 0 Å². The van der Waals surface area contributed by atoms with E-state index in [0.29, 0.717) is 6.42 Å². The third-order valence-electron chi connectivity index (χ3n) is 2.84. The summed E-state index contributed by atoms with van der Waals surface area (Å²) in [4.78, 5) is 22.5. The van der Waals surface area contributed by atoms with Crippen molar-refractivity contribution in [3.63, 3.8) is 0 Å². The first-order chi connectivity index (χ1) is 6.44. The fourth-order valence-electron chi connectivity index (χ4n) is 2.24. The van der Waals surface area contributed by atoms with Crippen LogP contribution in [0.2, 0.25) is 0 Å². The molecule has 1 atom stereocenters. The summed E-state index contributed by atoms with van der Waals surface area (Å²) in [6, 6.07) is 0. The van der Waals surface area contributed by atoms with E-state index in [1.54, 1.807) is 0 Å². The molecule has 2 aliphatic rings. The Labute approximate surface area is 82.6 Å². The fraction of sp³-hybridized carbons (Fsp3) is 0.800. The third-order valence-corrected chi connectivity index (χ3v) is 2.84. The van der Waals surface area contributed by atoms with E-state index in [9.17, 15) is 9.59 Å². The quantitative estimate of drug-likeness (QED) is 0.433. The van der Waals surface area contributed by atoms with Gasteiger partial charge in [-0.15, -0.1) is 0 Å². The fourth-order valence-corrected chi connectivity index (χ4v) is 2.24. The average molecular weight is 198 g/mol. The van der Waals surface area contributed by atoms with Gasteiger partial charge in [0.2, 0.25) is 0 Å². The summed E-state index contributed by atoms with van der Waals surface area (Å²) >= 11 is 0. The average Bonchev–Trinajstić information content (AvgIpc) is 2.24. The third kappa shape index (κ3) is 1.43. The van der Waals surface area contributed by atoms with Crippen molar-refractivity contribution < 1.29 is 19.1 Å². The van der Waals surface area contributed by atoms with Crippen LogP contribution in [0.25, 0.3) is 0 Å². The molecular formula is C10H14O4. The van der Waals surface area contributed by atoms with Crippen molar-refractivity contribution in [3.05, 3.63) is 0 Å². The van der Waals surface area contributed by atoms with Gasteiger partial charge in [-0.25, -0.2) is 4.79 Å². The van der Waals surface area contributed by atoms with E-state index >= 15 is 0 Å². The Balaban J connectivity index is 2.24. The first-order valence-electron chi connectivity index (χ1n) is 4.89. The summed E-state index contributed by atoms with van der Waals surface area (Å²) in [5.74, 6) is -0.969. The Morgan fingerprint density at radius 3 is 2.43 bits per heavy atom. The summed E-state index contributed by atoms with van der Waals surface area (Å²) in [5.41, 5.74) is -1.30. The van der Waals surface area contributed by atoms with Crippen molar-refractivity contribution in [2.24, 2.45) is 0 Å². The molecule has 0 bridgehead atoms. The SMILES string of the molecule is CC1(C)CCCC2(CC(=O)OC2=O)O1. The van der Waals surface area contributed by atoms with Crippen molar-refractivity contribution in [1.29, 1.82) is 0 Å². The van der Waals surface area contributed by atoms with Crippen LogP contribution in [-0.2, 0) is 19.1 Å². The number of hydrogen-bond donors (Lipinski definition) is 0. The lowest BCUT2D eigenvalue weighted by atomic mass is 9.86. The molecular weight excluding hydrogens is 184 g/mol. The summed E-state index contributed by atoms with van der Waals surface area (Å²) in [5, 5.41) is 0. The van der Waals surface area contributed by atoms with Crippen LogP contribution in [-0.4, -0.2) is 23.1 Å². The predicted octanol–water partition coefficient (Wildman–Crippen LogP) is 1.18. The van der Waals surface area contributed by atoms with E-state index in [2.05, 4.69) is 4.74 Å². The minimum absolute atomic E-state index is 0.0786. The van der Waals surface area contributed by atoms with Gasteiger partial charge < -0.3 is 9.47 Å². The largest absolute Gasteiger partial charge is 0.391 e. The van der Waals surface area contributed by atoms with Gasteiger partial charge in [0.15, 0.2) is 5.60 Å². The van der Waals surface area contributed by atoms with Gasteiger partial charge in [0.25, 0.3) is 0 Å². The zero-order valence-corrected chi connectivity index (χ0v) is 8.46. The molecule has 0 aromatic rings. The lowest BCUT2D eigenvalue weighted by molar-refractivity contribution is -0.191. The molecule has 0 N–H and O–H groups in total. The van der Waals surface area contributed by atoms with Crippen molar-refractivity contribution >= 4 is 11.9 Å². The van der Waals surface area contributed by atoms with Gasteiger partial charge in [0.1, 0.15) is 0 Å². The summed E-state index contributed by atoms with van der Waals surface area (Å²) in [6.45, 7) is 3.87. The Kier molecular flexibility index (Phi) is 1.93.